The molecule has 0 aliphatic carbocycles. The monoisotopic (exact) mass is 454 g/mol. The lowest BCUT2D eigenvalue weighted by atomic mass is 10.2. The molecule has 32 heavy (non-hydrogen) atoms. The Morgan fingerprint density at radius 2 is 1.84 bits per heavy atom. The second-order valence-electron chi connectivity index (χ2n) is 7.50. The Kier molecular flexibility index (Phi) is 5.68. The van der Waals surface area contributed by atoms with Crippen molar-refractivity contribution in [2.24, 2.45) is 0 Å². The van der Waals surface area contributed by atoms with E-state index in [1.165, 1.54) is 12.1 Å². The van der Waals surface area contributed by atoms with E-state index in [4.69, 9.17) is 4.42 Å². The third kappa shape index (κ3) is 4.79. The Morgan fingerprint density at radius 1 is 1.06 bits per heavy atom. The number of benzene rings is 2. The Morgan fingerprint density at radius 3 is 2.62 bits per heavy atom. The largest absolute Gasteiger partial charge is 0.417 e. The zero-order chi connectivity index (χ0) is 22.9. The maximum absolute atomic E-state index is 12.4. The van der Waals surface area contributed by atoms with Crippen LogP contribution < -0.4 is 21.1 Å². The zero-order valence-electron chi connectivity index (χ0n) is 17.6. The van der Waals surface area contributed by atoms with E-state index in [0.29, 0.717) is 34.2 Å². The molecule has 4 aromatic rings. The molecule has 11 heteroatoms. The summed E-state index contributed by atoms with van der Waals surface area (Å²) >= 11 is 0. The van der Waals surface area contributed by atoms with E-state index in [2.05, 4.69) is 30.3 Å². The molecule has 10 nitrogen and oxygen atoms in total. The summed E-state index contributed by atoms with van der Waals surface area (Å²) in [4.78, 5) is 22.9. The number of hydrogen-bond donors (Lipinski definition) is 4. The smallest absolute Gasteiger partial charge is 0.408 e. The molecule has 2 aromatic carbocycles. The van der Waals surface area contributed by atoms with Gasteiger partial charge in [-0.3, -0.25) is 4.98 Å². The molecule has 2 heterocycles. The maximum Gasteiger partial charge on any atom is 0.417 e. The summed E-state index contributed by atoms with van der Waals surface area (Å²) in [5.74, 6) is 0.329. The maximum atomic E-state index is 12.4. The molecule has 166 valence electrons. The first-order valence-electron chi connectivity index (χ1n) is 9.82. The molecule has 2 aromatic heterocycles. The van der Waals surface area contributed by atoms with Gasteiger partial charge >= 0.3 is 5.76 Å². The average molecular weight is 455 g/mol. The van der Waals surface area contributed by atoms with E-state index in [1.54, 1.807) is 50.4 Å². The minimum Gasteiger partial charge on any atom is -0.408 e. The summed E-state index contributed by atoms with van der Waals surface area (Å²) in [6.07, 6.45) is 1.65. The van der Waals surface area contributed by atoms with Crippen molar-refractivity contribution in [3.8, 4) is 0 Å². The van der Waals surface area contributed by atoms with Crippen molar-refractivity contribution >= 4 is 44.3 Å². The van der Waals surface area contributed by atoms with Gasteiger partial charge in [0.1, 0.15) is 5.82 Å². The second kappa shape index (κ2) is 8.44. The van der Waals surface area contributed by atoms with Crippen molar-refractivity contribution in [3.05, 3.63) is 64.8 Å². The lowest BCUT2D eigenvalue weighted by molar-refractivity contribution is 0.555. The molecule has 0 amide bonds. The van der Waals surface area contributed by atoms with Crippen molar-refractivity contribution in [1.82, 2.24) is 19.7 Å². The van der Waals surface area contributed by atoms with Crippen LogP contribution in [-0.2, 0) is 10.0 Å². The van der Waals surface area contributed by atoms with E-state index in [-0.39, 0.29) is 10.9 Å². The molecular formula is C21H22N6O4S. The van der Waals surface area contributed by atoms with Gasteiger partial charge in [-0.15, -0.1) is 0 Å². The Hall–Kier alpha value is -3.70. The van der Waals surface area contributed by atoms with Crippen LogP contribution in [0.3, 0.4) is 0 Å². The predicted octanol–water partition coefficient (Wildman–Crippen LogP) is 3.39. The highest BCUT2D eigenvalue weighted by Gasteiger charge is 2.16. The molecule has 0 radical (unpaired) electrons. The number of fused-ring (bicyclic) bond motifs is 1. The van der Waals surface area contributed by atoms with Crippen LogP contribution in [0.25, 0.3) is 11.1 Å². The fraction of sp³-hybridized carbons (Fsp3) is 0.190. The van der Waals surface area contributed by atoms with E-state index in [1.807, 2.05) is 6.92 Å². The van der Waals surface area contributed by atoms with Gasteiger partial charge < -0.3 is 15.1 Å². The highest BCUT2D eigenvalue weighted by Crippen LogP contribution is 2.24. The summed E-state index contributed by atoms with van der Waals surface area (Å²) in [6.45, 7) is 5.38. The van der Waals surface area contributed by atoms with Crippen LogP contribution >= 0.6 is 0 Å². The molecule has 0 saturated carbocycles. The number of hydrogen-bond acceptors (Lipinski definition) is 8. The van der Waals surface area contributed by atoms with Gasteiger partial charge in [0.15, 0.2) is 5.58 Å². The fourth-order valence-electron chi connectivity index (χ4n) is 3.04. The molecule has 0 bridgehead atoms. The van der Waals surface area contributed by atoms with Crippen molar-refractivity contribution < 1.29 is 12.8 Å². The van der Waals surface area contributed by atoms with Crippen LogP contribution in [0, 0.1) is 6.92 Å². The summed E-state index contributed by atoms with van der Waals surface area (Å²) in [7, 11) is -3.62. The summed E-state index contributed by atoms with van der Waals surface area (Å²) in [6, 6.07) is 11.4. The highest BCUT2D eigenvalue weighted by atomic mass is 32.2. The summed E-state index contributed by atoms with van der Waals surface area (Å²) in [5, 5.41) is 6.24. The highest BCUT2D eigenvalue weighted by molar-refractivity contribution is 7.89. The second-order valence-corrected chi connectivity index (χ2v) is 9.22. The van der Waals surface area contributed by atoms with Crippen molar-refractivity contribution in [2.45, 2.75) is 31.7 Å². The van der Waals surface area contributed by atoms with Crippen LogP contribution in [0.15, 0.2) is 62.8 Å². The van der Waals surface area contributed by atoms with Crippen molar-refractivity contribution in [2.75, 3.05) is 10.6 Å². The lowest BCUT2D eigenvalue weighted by Crippen LogP contribution is -2.30. The van der Waals surface area contributed by atoms with E-state index in [0.717, 1.165) is 5.56 Å². The topological polar surface area (TPSA) is 142 Å². The van der Waals surface area contributed by atoms with Crippen LogP contribution in [0.4, 0.5) is 23.1 Å². The van der Waals surface area contributed by atoms with Crippen LogP contribution in [0.1, 0.15) is 19.4 Å². The fourth-order valence-corrected chi connectivity index (χ4v) is 4.34. The number of oxazole rings is 1. The van der Waals surface area contributed by atoms with Gasteiger partial charge in [0.25, 0.3) is 0 Å². The number of nitrogens with zero attached hydrogens (tertiary/aromatic N) is 2. The number of H-pyrrole nitrogens is 1. The van der Waals surface area contributed by atoms with Gasteiger partial charge in [-0.2, -0.15) is 4.98 Å². The molecule has 0 spiro atoms. The van der Waals surface area contributed by atoms with Gasteiger partial charge in [-0.25, -0.2) is 22.9 Å². The summed E-state index contributed by atoms with van der Waals surface area (Å²) < 4.78 is 32.4. The number of sulfonamides is 1. The normalized spacial score (nSPS) is 11.8. The quantitative estimate of drug-likeness (QED) is 0.333. The SMILES string of the molecule is Cc1cnc(Nc2cccc(S(=O)(=O)NC(C)C)c2)nc1Nc1ccc2oc(=O)[nH]c2c1. The van der Waals surface area contributed by atoms with Crippen LogP contribution in [0.2, 0.25) is 0 Å². The van der Waals surface area contributed by atoms with Crippen molar-refractivity contribution in [3.63, 3.8) is 0 Å². The molecule has 0 fully saturated rings. The first-order chi connectivity index (χ1) is 15.2. The molecule has 0 unspecified atom stereocenters. The van der Waals surface area contributed by atoms with Crippen molar-refractivity contribution in [1.29, 1.82) is 0 Å². The lowest BCUT2D eigenvalue weighted by Gasteiger charge is -2.13. The first-order valence-corrected chi connectivity index (χ1v) is 11.3. The molecule has 0 aliphatic rings. The zero-order valence-corrected chi connectivity index (χ0v) is 18.4. The van der Waals surface area contributed by atoms with Gasteiger partial charge in [0.2, 0.25) is 16.0 Å². The van der Waals surface area contributed by atoms with E-state index >= 15 is 0 Å². The van der Waals surface area contributed by atoms with Gasteiger partial charge in [-0.05, 0) is 57.2 Å². The number of aromatic nitrogens is 3. The molecule has 4 rings (SSSR count). The number of aryl methyl sites for hydroxylation is 1. The van der Waals surface area contributed by atoms with Crippen LogP contribution in [0.5, 0.6) is 0 Å². The van der Waals surface area contributed by atoms with E-state index < -0.39 is 15.8 Å². The minimum atomic E-state index is -3.62. The number of rotatable bonds is 7. The molecule has 0 atom stereocenters. The molecule has 0 saturated heterocycles. The Bertz CT molecular complexity index is 1440. The predicted molar refractivity (Wildman–Crippen MR) is 122 cm³/mol. The number of nitrogens with one attached hydrogen (secondary N) is 4. The summed E-state index contributed by atoms with van der Waals surface area (Å²) in [5.41, 5.74) is 3.06. The third-order valence-electron chi connectivity index (χ3n) is 4.44. The number of aromatic amines is 1. The average Bonchev–Trinajstić information content (AvgIpc) is 3.09. The third-order valence-corrected chi connectivity index (χ3v) is 6.10. The Balaban J connectivity index is 1.57. The molecular weight excluding hydrogens is 432 g/mol. The van der Waals surface area contributed by atoms with E-state index in [9.17, 15) is 13.2 Å². The standard InChI is InChI=1S/C21H22N6O4S/c1-12(2)27-32(29,30)16-6-4-5-14(9-16)24-20-22-11-13(3)19(26-20)23-15-7-8-18-17(10-15)25-21(28)31-18/h4-12,27H,1-3H3,(H,25,28)(H2,22,23,24,26). The Labute approximate surface area is 184 Å². The molecule has 4 N–H and O–H groups in total. The van der Waals surface area contributed by atoms with Gasteiger partial charge in [-0.1, -0.05) is 6.07 Å². The van der Waals surface area contributed by atoms with Gasteiger partial charge in [0, 0.05) is 29.2 Å². The minimum absolute atomic E-state index is 0.143. The molecule has 0 aliphatic heterocycles. The number of anilines is 4. The van der Waals surface area contributed by atoms with Gasteiger partial charge in [0.05, 0.1) is 10.4 Å². The van der Waals surface area contributed by atoms with Crippen LogP contribution in [-0.4, -0.2) is 29.4 Å². The first kappa shape index (κ1) is 21.5.